The Morgan fingerprint density at radius 2 is 2.07 bits per heavy atom. The first-order valence-corrected chi connectivity index (χ1v) is 5.56. The largest absolute Gasteiger partial charge is 0.350 e. The summed E-state index contributed by atoms with van der Waals surface area (Å²) >= 11 is 1.76. The summed E-state index contributed by atoms with van der Waals surface area (Å²) in [5.74, 6) is 0.0407. The van der Waals surface area contributed by atoms with E-state index in [0.717, 1.165) is 6.42 Å². The molecule has 1 amide bonds. The van der Waals surface area contributed by atoms with Gasteiger partial charge in [-0.25, -0.2) is 0 Å². The Kier molecular flexibility index (Phi) is 7.38. The van der Waals surface area contributed by atoms with E-state index in [2.05, 4.69) is 29.7 Å². The van der Waals surface area contributed by atoms with Gasteiger partial charge in [-0.05, 0) is 25.6 Å². The number of thiophene rings is 1. The fourth-order valence-electron chi connectivity index (χ4n) is 1.12. The van der Waals surface area contributed by atoms with Crippen molar-refractivity contribution >= 4 is 29.7 Å². The first-order valence-electron chi connectivity index (χ1n) is 4.75. The molecule has 0 aromatic carbocycles. The number of hydrogen-bond donors (Lipinski definition) is 2. The lowest BCUT2D eigenvalue weighted by Crippen LogP contribution is -2.31. The zero-order chi connectivity index (χ0) is 10.4. The molecule has 15 heavy (non-hydrogen) atoms. The van der Waals surface area contributed by atoms with Crippen LogP contribution in [0.2, 0.25) is 0 Å². The number of hydrogen-bond acceptors (Lipinski definition) is 3. The van der Waals surface area contributed by atoms with Gasteiger partial charge in [-0.1, -0.05) is 6.92 Å². The molecule has 3 nitrogen and oxygen atoms in total. The third-order valence-electron chi connectivity index (χ3n) is 1.86. The Bertz CT molecular complexity index is 301. The summed E-state index contributed by atoms with van der Waals surface area (Å²) in [4.78, 5) is 13.7. The van der Waals surface area contributed by atoms with Crippen LogP contribution in [0.5, 0.6) is 0 Å². The minimum absolute atomic E-state index is 0. The second kappa shape index (κ2) is 7.68. The maximum Gasteiger partial charge on any atom is 0.234 e. The van der Waals surface area contributed by atoms with Gasteiger partial charge in [0, 0.05) is 9.75 Å². The number of amides is 1. The van der Waals surface area contributed by atoms with E-state index in [9.17, 15) is 4.79 Å². The molecule has 5 heteroatoms. The van der Waals surface area contributed by atoms with Crippen LogP contribution in [0.3, 0.4) is 0 Å². The van der Waals surface area contributed by atoms with Gasteiger partial charge in [0.25, 0.3) is 0 Å². The number of aryl methyl sites for hydroxylation is 1. The van der Waals surface area contributed by atoms with Crippen molar-refractivity contribution in [2.45, 2.75) is 19.9 Å². The van der Waals surface area contributed by atoms with Gasteiger partial charge in [-0.2, -0.15) is 0 Å². The van der Waals surface area contributed by atoms with Crippen LogP contribution in [0.15, 0.2) is 12.1 Å². The van der Waals surface area contributed by atoms with Gasteiger partial charge >= 0.3 is 0 Å². The summed E-state index contributed by atoms with van der Waals surface area (Å²) < 4.78 is 0. The van der Waals surface area contributed by atoms with Gasteiger partial charge in [-0.3, -0.25) is 4.79 Å². The molecule has 0 atom stereocenters. The number of carbonyl (C=O) groups excluding carboxylic acids is 1. The normalized spacial score (nSPS) is 9.47. The number of rotatable bonds is 5. The van der Waals surface area contributed by atoms with Crippen LogP contribution in [-0.2, 0) is 17.8 Å². The predicted molar refractivity (Wildman–Crippen MR) is 66.7 cm³/mol. The molecule has 0 fully saturated rings. The van der Waals surface area contributed by atoms with Crippen molar-refractivity contribution in [1.29, 1.82) is 0 Å². The first-order chi connectivity index (χ1) is 6.76. The molecule has 0 aliphatic carbocycles. The molecule has 0 saturated carbocycles. The van der Waals surface area contributed by atoms with Gasteiger partial charge < -0.3 is 10.6 Å². The number of nitrogens with one attached hydrogen (secondary N) is 2. The third-order valence-corrected chi connectivity index (χ3v) is 3.09. The molecule has 0 saturated heterocycles. The molecule has 1 aromatic rings. The zero-order valence-electron chi connectivity index (χ0n) is 9.00. The SMILES string of the molecule is CCc1ccc(CNC(=O)CNC)s1.Cl. The standard InChI is InChI=1S/C10H16N2OS.ClH/c1-3-8-4-5-9(14-8)6-12-10(13)7-11-2;/h4-5,11H,3,6-7H2,1-2H3,(H,12,13);1H. The fraction of sp³-hybridized carbons (Fsp3) is 0.500. The van der Waals surface area contributed by atoms with Gasteiger partial charge in [0.15, 0.2) is 0 Å². The maximum atomic E-state index is 11.1. The van der Waals surface area contributed by atoms with Crippen molar-refractivity contribution in [3.05, 3.63) is 21.9 Å². The van der Waals surface area contributed by atoms with E-state index in [1.165, 1.54) is 9.75 Å². The quantitative estimate of drug-likeness (QED) is 0.831. The van der Waals surface area contributed by atoms with Crippen molar-refractivity contribution in [1.82, 2.24) is 10.6 Å². The summed E-state index contributed by atoms with van der Waals surface area (Å²) in [7, 11) is 1.76. The van der Waals surface area contributed by atoms with Crippen LogP contribution < -0.4 is 10.6 Å². The van der Waals surface area contributed by atoms with Gasteiger partial charge in [-0.15, -0.1) is 23.7 Å². The van der Waals surface area contributed by atoms with E-state index < -0.39 is 0 Å². The molecular weight excluding hydrogens is 232 g/mol. The van der Waals surface area contributed by atoms with Gasteiger partial charge in [0.05, 0.1) is 13.1 Å². The highest BCUT2D eigenvalue weighted by atomic mass is 35.5. The van der Waals surface area contributed by atoms with Crippen LogP contribution in [0.25, 0.3) is 0 Å². The molecule has 1 heterocycles. The van der Waals surface area contributed by atoms with E-state index in [4.69, 9.17) is 0 Å². The smallest absolute Gasteiger partial charge is 0.234 e. The Morgan fingerprint density at radius 3 is 2.60 bits per heavy atom. The van der Waals surface area contributed by atoms with Crippen molar-refractivity contribution in [2.75, 3.05) is 13.6 Å². The molecule has 1 rings (SSSR count). The van der Waals surface area contributed by atoms with Crippen LogP contribution in [-0.4, -0.2) is 19.5 Å². The molecule has 0 spiro atoms. The minimum Gasteiger partial charge on any atom is -0.350 e. The number of carbonyl (C=O) groups is 1. The van der Waals surface area contributed by atoms with Crippen LogP contribution >= 0.6 is 23.7 Å². The number of halogens is 1. The Balaban J connectivity index is 0.00000196. The maximum absolute atomic E-state index is 11.1. The first kappa shape index (κ1) is 14.4. The molecule has 86 valence electrons. The average Bonchev–Trinajstić information content (AvgIpc) is 2.63. The monoisotopic (exact) mass is 248 g/mol. The molecule has 1 aromatic heterocycles. The molecule has 2 N–H and O–H groups in total. The van der Waals surface area contributed by atoms with Crippen LogP contribution in [0.4, 0.5) is 0 Å². The highest BCUT2D eigenvalue weighted by Crippen LogP contribution is 2.16. The Labute approximate surface area is 101 Å². The Morgan fingerprint density at radius 1 is 1.40 bits per heavy atom. The highest BCUT2D eigenvalue weighted by Gasteiger charge is 2.01. The third kappa shape index (κ3) is 5.16. The summed E-state index contributed by atoms with van der Waals surface area (Å²) in [6.07, 6.45) is 1.06. The minimum atomic E-state index is 0. The van der Waals surface area contributed by atoms with Crippen molar-refractivity contribution < 1.29 is 4.79 Å². The lowest BCUT2D eigenvalue weighted by atomic mass is 10.3. The van der Waals surface area contributed by atoms with Crippen molar-refractivity contribution in [3.63, 3.8) is 0 Å². The van der Waals surface area contributed by atoms with E-state index >= 15 is 0 Å². The van der Waals surface area contributed by atoms with E-state index in [0.29, 0.717) is 13.1 Å². The molecule has 0 bridgehead atoms. The highest BCUT2D eigenvalue weighted by molar-refractivity contribution is 7.11. The number of likely N-dealkylation sites (N-methyl/N-ethyl adjacent to an activating group) is 1. The predicted octanol–water partition coefficient (Wildman–Crippen LogP) is 1.57. The topological polar surface area (TPSA) is 41.1 Å². The average molecular weight is 249 g/mol. The second-order valence-corrected chi connectivity index (χ2v) is 4.28. The molecule has 0 aliphatic heterocycles. The van der Waals surface area contributed by atoms with Crippen LogP contribution in [0.1, 0.15) is 16.7 Å². The second-order valence-electron chi connectivity index (χ2n) is 3.03. The molecule has 0 unspecified atom stereocenters. The fourth-order valence-corrected chi connectivity index (χ4v) is 2.01. The molecule has 0 radical (unpaired) electrons. The zero-order valence-corrected chi connectivity index (χ0v) is 10.6. The van der Waals surface area contributed by atoms with Crippen molar-refractivity contribution in [2.24, 2.45) is 0 Å². The summed E-state index contributed by atoms with van der Waals surface area (Å²) in [5.41, 5.74) is 0. The molecular formula is C10H17ClN2OS. The van der Waals surface area contributed by atoms with E-state index in [1.807, 2.05) is 0 Å². The lowest BCUT2D eigenvalue weighted by Gasteiger charge is -2.01. The van der Waals surface area contributed by atoms with Crippen molar-refractivity contribution in [3.8, 4) is 0 Å². The Hall–Kier alpha value is -0.580. The summed E-state index contributed by atoms with van der Waals surface area (Å²) in [6.45, 7) is 3.16. The van der Waals surface area contributed by atoms with Gasteiger partial charge in [0.2, 0.25) is 5.91 Å². The lowest BCUT2D eigenvalue weighted by molar-refractivity contribution is -0.120. The van der Waals surface area contributed by atoms with Crippen LogP contribution in [0, 0.1) is 0 Å². The molecule has 0 aliphatic rings. The summed E-state index contributed by atoms with van der Waals surface area (Å²) in [6, 6.07) is 4.19. The van der Waals surface area contributed by atoms with E-state index in [1.54, 1.807) is 18.4 Å². The summed E-state index contributed by atoms with van der Waals surface area (Å²) in [5, 5.41) is 5.66. The van der Waals surface area contributed by atoms with E-state index in [-0.39, 0.29) is 18.3 Å². The van der Waals surface area contributed by atoms with Gasteiger partial charge in [0.1, 0.15) is 0 Å².